The van der Waals surface area contributed by atoms with E-state index in [9.17, 15) is 4.79 Å². The smallest absolute Gasteiger partial charge is 0.237 e. The molecule has 0 aliphatic heterocycles. The maximum atomic E-state index is 12.4. The van der Waals surface area contributed by atoms with Gasteiger partial charge in [-0.15, -0.1) is 0 Å². The SMILES string of the molecule is COc1ncccc1NC(=O)C1CCCCC1CN. The molecule has 1 aromatic heterocycles. The fourth-order valence-corrected chi connectivity index (χ4v) is 2.71. The van der Waals surface area contributed by atoms with E-state index in [0.29, 0.717) is 18.1 Å². The molecule has 0 bridgehead atoms. The summed E-state index contributed by atoms with van der Waals surface area (Å²) in [6.07, 6.45) is 5.85. The van der Waals surface area contributed by atoms with Gasteiger partial charge < -0.3 is 15.8 Å². The Balaban J connectivity index is 2.07. The fraction of sp³-hybridized carbons (Fsp3) is 0.571. The number of methoxy groups -OCH3 is 1. The summed E-state index contributed by atoms with van der Waals surface area (Å²) in [5.41, 5.74) is 6.39. The van der Waals surface area contributed by atoms with Gasteiger partial charge >= 0.3 is 0 Å². The van der Waals surface area contributed by atoms with Gasteiger partial charge in [-0.05, 0) is 37.4 Å². The van der Waals surface area contributed by atoms with Crippen LogP contribution in [0, 0.1) is 11.8 Å². The first kappa shape index (κ1) is 13.8. The predicted molar refractivity (Wildman–Crippen MR) is 73.9 cm³/mol. The zero-order chi connectivity index (χ0) is 13.7. The third kappa shape index (κ3) is 3.23. The Labute approximate surface area is 113 Å². The molecule has 5 nitrogen and oxygen atoms in total. The van der Waals surface area contributed by atoms with Crippen molar-refractivity contribution in [3.63, 3.8) is 0 Å². The summed E-state index contributed by atoms with van der Waals surface area (Å²) in [5.74, 6) is 0.762. The molecule has 0 spiro atoms. The summed E-state index contributed by atoms with van der Waals surface area (Å²) in [4.78, 5) is 16.4. The average molecular weight is 263 g/mol. The molecule has 1 amide bonds. The fourth-order valence-electron chi connectivity index (χ4n) is 2.71. The largest absolute Gasteiger partial charge is 0.480 e. The van der Waals surface area contributed by atoms with E-state index in [1.165, 1.54) is 6.42 Å². The summed E-state index contributed by atoms with van der Waals surface area (Å²) in [6, 6.07) is 3.57. The normalized spacial score (nSPS) is 22.8. The summed E-state index contributed by atoms with van der Waals surface area (Å²) in [5, 5.41) is 2.91. The summed E-state index contributed by atoms with van der Waals surface area (Å²) in [7, 11) is 1.54. The Bertz CT molecular complexity index is 436. The minimum absolute atomic E-state index is 0.00339. The highest BCUT2D eigenvalue weighted by Gasteiger charge is 2.30. The molecule has 2 atom stereocenters. The van der Waals surface area contributed by atoms with Gasteiger partial charge in [0.15, 0.2) is 0 Å². The summed E-state index contributed by atoms with van der Waals surface area (Å²) < 4.78 is 5.14. The number of rotatable bonds is 4. The number of hydrogen-bond acceptors (Lipinski definition) is 4. The number of nitrogens with one attached hydrogen (secondary N) is 1. The van der Waals surface area contributed by atoms with Crippen molar-refractivity contribution in [2.75, 3.05) is 19.0 Å². The molecule has 0 saturated heterocycles. The number of hydrogen-bond donors (Lipinski definition) is 2. The lowest BCUT2D eigenvalue weighted by Crippen LogP contribution is -2.35. The number of anilines is 1. The number of carbonyl (C=O) groups is 1. The van der Waals surface area contributed by atoms with E-state index >= 15 is 0 Å². The molecule has 2 rings (SSSR count). The lowest BCUT2D eigenvalue weighted by Gasteiger charge is -2.29. The molecular formula is C14H21N3O2. The van der Waals surface area contributed by atoms with Gasteiger partial charge in [0.05, 0.1) is 7.11 Å². The van der Waals surface area contributed by atoms with E-state index in [0.717, 1.165) is 19.3 Å². The molecule has 1 saturated carbocycles. The molecule has 0 aromatic carbocycles. The number of nitrogens with two attached hydrogens (primary N) is 1. The van der Waals surface area contributed by atoms with Gasteiger partial charge in [-0.1, -0.05) is 12.8 Å². The van der Waals surface area contributed by atoms with Gasteiger partial charge in [-0.25, -0.2) is 4.98 Å². The van der Waals surface area contributed by atoms with E-state index in [-0.39, 0.29) is 17.7 Å². The van der Waals surface area contributed by atoms with Crippen LogP contribution in [0.25, 0.3) is 0 Å². The van der Waals surface area contributed by atoms with Crippen LogP contribution in [0.4, 0.5) is 5.69 Å². The van der Waals surface area contributed by atoms with Crippen molar-refractivity contribution in [3.8, 4) is 5.88 Å². The van der Waals surface area contributed by atoms with Crippen LogP contribution < -0.4 is 15.8 Å². The highest BCUT2D eigenvalue weighted by Crippen LogP contribution is 2.31. The van der Waals surface area contributed by atoms with Gasteiger partial charge in [0.2, 0.25) is 11.8 Å². The molecule has 1 fully saturated rings. The lowest BCUT2D eigenvalue weighted by molar-refractivity contribution is -0.122. The van der Waals surface area contributed by atoms with Crippen molar-refractivity contribution in [1.82, 2.24) is 4.98 Å². The van der Waals surface area contributed by atoms with Gasteiger partial charge in [0.25, 0.3) is 0 Å². The predicted octanol–water partition coefficient (Wildman–Crippen LogP) is 1.79. The highest BCUT2D eigenvalue weighted by atomic mass is 16.5. The monoisotopic (exact) mass is 263 g/mol. The van der Waals surface area contributed by atoms with Crippen molar-refractivity contribution >= 4 is 11.6 Å². The van der Waals surface area contributed by atoms with Crippen molar-refractivity contribution in [2.24, 2.45) is 17.6 Å². The van der Waals surface area contributed by atoms with Crippen LogP contribution in [0.2, 0.25) is 0 Å². The minimum atomic E-state index is 0.00339. The van der Waals surface area contributed by atoms with Gasteiger partial charge in [-0.2, -0.15) is 0 Å². The summed E-state index contributed by atoms with van der Waals surface area (Å²) >= 11 is 0. The highest BCUT2D eigenvalue weighted by molar-refractivity contribution is 5.93. The third-order valence-electron chi connectivity index (χ3n) is 3.77. The van der Waals surface area contributed by atoms with E-state index in [1.807, 2.05) is 0 Å². The summed E-state index contributed by atoms with van der Waals surface area (Å²) in [6.45, 7) is 0.572. The van der Waals surface area contributed by atoms with E-state index < -0.39 is 0 Å². The zero-order valence-electron chi connectivity index (χ0n) is 11.3. The van der Waals surface area contributed by atoms with Crippen LogP contribution in [-0.2, 0) is 4.79 Å². The molecular weight excluding hydrogens is 242 g/mol. The number of aromatic nitrogens is 1. The van der Waals surface area contributed by atoms with Gasteiger partial charge in [0, 0.05) is 12.1 Å². The minimum Gasteiger partial charge on any atom is -0.480 e. The molecule has 2 unspecified atom stereocenters. The first-order valence-electron chi connectivity index (χ1n) is 6.76. The maximum absolute atomic E-state index is 12.4. The molecule has 1 aliphatic carbocycles. The number of pyridine rings is 1. The van der Waals surface area contributed by atoms with E-state index in [2.05, 4.69) is 10.3 Å². The van der Waals surface area contributed by atoms with Crippen molar-refractivity contribution < 1.29 is 9.53 Å². The third-order valence-corrected chi connectivity index (χ3v) is 3.77. The quantitative estimate of drug-likeness (QED) is 0.868. The molecule has 1 aromatic rings. The molecule has 1 heterocycles. The molecule has 0 radical (unpaired) electrons. The Morgan fingerprint density at radius 2 is 2.32 bits per heavy atom. The lowest BCUT2D eigenvalue weighted by atomic mass is 9.78. The first-order chi connectivity index (χ1) is 9.26. The number of carbonyl (C=O) groups excluding carboxylic acids is 1. The Morgan fingerprint density at radius 1 is 1.53 bits per heavy atom. The van der Waals surface area contributed by atoms with E-state index in [4.69, 9.17) is 10.5 Å². The Hall–Kier alpha value is -1.62. The van der Waals surface area contributed by atoms with Crippen molar-refractivity contribution in [2.45, 2.75) is 25.7 Å². The van der Waals surface area contributed by atoms with Crippen LogP contribution in [0.1, 0.15) is 25.7 Å². The van der Waals surface area contributed by atoms with Crippen LogP contribution in [0.15, 0.2) is 18.3 Å². The molecule has 3 N–H and O–H groups in total. The van der Waals surface area contributed by atoms with Crippen LogP contribution in [0.5, 0.6) is 5.88 Å². The van der Waals surface area contributed by atoms with Crippen molar-refractivity contribution in [3.05, 3.63) is 18.3 Å². The molecule has 104 valence electrons. The molecule has 1 aliphatic rings. The topological polar surface area (TPSA) is 77.2 Å². The number of amides is 1. The van der Waals surface area contributed by atoms with Crippen LogP contribution in [-0.4, -0.2) is 24.5 Å². The van der Waals surface area contributed by atoms with E-state index in [1.54, 1.807) is 25.4 Å². The average Bonchev–Trinajstić information content (AvgIpc) is 2.47. The van der Waals surface area contributed by atoms with Crippen LogP contribution >= 0.6 is 0 Å². The number of nitrogens with zero attached hydrogens (tertiary/aromatic N) is 1. The van der Waals surface area contributed by atoms with Gasteiger partial charge in [-0.3, -0.25) is 4.79 Å². The maximum Gasteiger partial charge on any atom is 0.237 e. The second kappa shape index (κ2) is 6.52. The van der Waals surface area contributed by atoms with Gasteiger partial charge in [0.1, 0.15) is 5.69 Å². The second-order valence-corrected chi connectivity index (χ2v) is 4.94. The second-order valence-electron chi connectivity index (χ2n) is 4.94. The van der Waals surface area contributed by atoms with Crippen molar-refractivity contribution in [1.29, 1.82) is 0 Å². The Kier molecular flexibility index (Phi) is 4.74. The number of ether oxygens (including phenoxy) is 1. The molecule has 19 heavy (non-hydrogen) atoms. The molecule has 5 heteroatoms. The Morgan fingerprint density at radius 3 is 3.05 bits per heavy atom. The standard InChI is InChI=1S/C14H21N3O2/c1-19-14-12(7-4-8-16-14)17-13(18)11-6-3-2-5-10(11)9-15/h4,7-8,10-11H,2-3,5-6,9,15H2,1H3,(H,17,18). The van der Waals surface area contributed by atoms with Crippen LogP contribution in [0.3, 0.4) is 0 Å². The zero-order valence-corrected chi connectivity index (χ0v) is 11.3. The first-order valence-corrected chi connectivity index (χ1v) is 6.76.